The van der Waals surface area contributed by atoms with Gasteiger partial charge >= 0.3 is 12.3 Å². The molecule has 0 heterocycles. The van der Waals surface area contributed by atoms with E-state index in [0.29, 0.717) is 0 Å². The molecule has 8 heteroatoms. The van der Waals surface area contributed by atoms with Gasteiger partial charge in [0.1, 0.15) is 5.60 Å². The summed E-state index contributed by atoms with van der Waals surface area (Å²) in [4.78, 5) is 10.7. The summed E-state index contributed by atoms with van der Waals surface area (Å²) in [5.74, 6) is 0. The van der Waals surface area contributed by atoms with E-state index in [4.69, 9.17) is 27.8 Å². The normalized spacial score (nSPS) is 12.3. The van der Waals surface area contributed by atoms with Crippen LogP contribution in [0.25, 0.3) is 0 Å². The summed E-state index contributed by atoms with van der Waals surface area (Å²) in [6.45, 7) is 3.03. The first-order valence-electron chi connectivity index (χ1n) is 5.56. The summed E-state index contributed by atoms with van der Waals surface area (Å²) in [5.41, 5.74) is 8.73. The molecular weight excluding hydrogens is 297 g/mol. The largest absolute Gasteiger partial charge is 0.443 e. The Bertz CT molecular complexity index is 530. The average Bonchev–Trinajstić information content (AvgIpc) is 2.17. The highest BCUT2D eigenvalue weighted by molar-refractivity contribution is 6.31. The van der Waals surface area contributed by atoms with Crippen LogP contribution in [-0.4, -0.2) is 11.7 Å². The van der Waals surface area contributed by atoms with Crippen molar-refractivity contribution >= 4 is 23.4 Å². The maximum atomic E-state index is 12.8. The molecule has 112 valence electrons. The third kappa shape index (κ3) is 4.19. The van der Waals surface area contributed by atoms with Gasteiger partial charge in [-0.2, -0.15) is 13.2 Å². The van der Waals surface area contributed by atoms with E-state index in [1.54, 1.807) is 0 Å². The van der Waals surface area contributed by atoms with Crippen LogP contribution in [0.5, 0.6) is 0 Å². The number of alkyl halides is 3. The molecule has 1 amide bonds. The van der Waals surface area contributed by atoms with Crippen LogP contribution in [0.3, 0.4) is 0 Å². The molecule has 4 nitrogen and oxygen atoms in total. The molecule has 0 atom stereocenters. The average molecular weight is 311 g/mol. The Labute approximate surface area is 118 Å². The molecule has 0 aliphatic carbocycles. The number of hydrogen-bond donors (Lipinski definition) is 2. The van der Waals surface area contributed by atoms with Gasteiger partial charge in [0.25, 0.3) is 0 Å². The summed E-state index contributed by atoms with van der Waals surface area (Å²) in [6, 6.07) is 1.88. The Morgan fingerprint density at radius 3 is 2.35 bits per heavy atom. The second-order valence-corrected chi connectivity index (χ2v) is 5.29. The molecule has 0 fully saturated rings. The molecule has 0 saturated heterocycles. The highest BCUT2D eigenvalue weighted by Gasteiger charge is 2.34. The van der Waals surface area contributed by atoms with Gasteiger partial charge in [-0.1, -0.05) is 11.6 Å². The van der Waals surface area contributed by atoms with Crippen LogP contribution in [0.4, 0.5) is 23.7 Å². The first kappa shape index (κ1) is 16.4. The van der Waals surface area contributed by atoms with Gasteiger partial charge < -0.3 is 16.2 Å². The topological polar surface area (TPSA) is 78.3 Å². The molecule has 0 unspecified atom stereocenters. The predicted octanol–water partition coefficient (Wildman–Crippen LogP) is 3.36. The van der Waals surface area contributed by atoms with Gasteiger partial charge in [-0.25, -0.2) is 4.79 Å². The van der Waals surface area contributed by atoms with Crippen molar-refractivity contribution in [2.24, 2.45) is 5.73 Å². The van der Waals surface area contributed by atoms with E-state index in [2.05, 4.69) is 0 Å². The molecule has 0 aromatic heterocycles. The number of nitrogens with two attached hydrogens (primary N) is 2. The molecule has 0 radical (unpaired) electrons. The highest BCUT2D eigenvalue weighted by atomic mass is 35.5. The van der Waals surface area contributed by atoms with E-state index in [0.717, 1.165) is 12.1 Å². The number of hydrogen-bond acceptors (Lipinski definition) is 3. The maximum absolute atomic E-state index is 12.8. The minimum atomic E-state index is -4.59. The van der Waals surface area contributed by atoms with Crippen molar-refractivity contribution in [1.82, 2.24) is 0 Å². The molecule has 20 heavy (non-hydrogen) atoms. The van der Waals surface area contributed by atoms with Gasteiger partial charge in [0, 0.05) is 12.1 Å². The van der Waals surface area contributed by atoms with Crippen molar-refractivity contribution in [1.29, 1.82) is 0 Å². The zero-order chi connectivity index (χ0) is 15.7. The zero-order valence-corrected chi connectivity index (χ0v) is 11.6. The number of nitrogen functional groups attached to an aromatic ring is 1. The van der Waals surface area contributed by atoms with Crippen molar-refractivity contribution in [2.45, 2.75) is 32.0 Å². The fraction of sp³-hybridized carbons (Fsp3) is 0.417. The molecule has 1 aromatic rings. The van der Waals surface area contributed by atoms with Gasteiger partial charge in [0.15, 0.2) is 0 Å². The van der Waals surface area contributed by atoms with Crippen molar-refractivity contribution in [3.8, 4) is 0 Å². The van der Waals surface area contributed by atoms with Crippen LogP contribution >= 0.6 is 11.6 Å². The number of carbonyl (C=O) groups is 1. The number of ether oxygens (including phenoxy) is 1. The van der Waals surface area contributed by atoms with Crippen LogP contribution in [-0.2, 0) is 17.3 Å². The number of carbonyl (C=O) groups excluding carboxylic acids is 1. The van der Waals surface area contributed by atoms with Crippen molar-refractivity contribution < 1.29 is 22.7 Å². The monoisotopic (exact) mass is 310 g/mol. The molecule has 0 bridgehead atoms. The van der Waals surface area contributed by atoms with Crippen LogP contribution in [0, 0.1) is 0 Å². The van der Waals surface area contributed by atoms with E-state index in [-0.39, 0.29) is 17.7 Å². The van der Waals surface area contributed by atoms with E-state index in [1.165, 1.54) is 13.8 Å². The van der Waals surface area contributed by atoms with Crippen molar-refractivity contribution in [3.05, 3.63) is 28.3 Å². The summed E-state index contributed by atoms with van der Waals surface area (Å²) >= 11 is 5.54. The molecule has 0 saturated carbocycles. The number of benzene rings is 1. The molecule has 1 rings (SSSR count). The SMILES string of the molecule is CC(C)(Cc1cc(C(F)(F)F)c(Cl)cc1N)OC(N)=O. The lowest BCUT2D eigenvalue weighted by Crippen LogP contribution is -2.33. The summed E-state index contributed by atoms with van der Waals surface area (Å²) < 4.78 is 43.1. The molecule has 0 aliphatic rings. The Balaban J connectivity index is 3.16. The van der Waals surface area contributed by atoms with Gasteiger partial charge in [-0.05, 0) is 31.5 Å². The third-order valence-corrected chi connectivity index (χ3v) is 2.84. The zero-order valence-electron chi connectivity index (χ0n) is 10.8. The van der Waals surface area contributed by atoms with Gasteiger partial charge in [-0.3, -0.25) is 0 Å². The minimum absolute atomic E-state index is 0.0258. The lowest BCUT2D eigenvalue weighted by molar-refractivity contribution is -0.137. The van der Waals surface area contributed by atoms with E-state index < -0.39 is 28.5 Å². The third-order valence-electron chi connectivity index (χ3n) is 2.53. The Morgan fingerprint density at radius 1 is 1.35 bits per heavy atom. The van der Waals surface area contributed by atoms with E-state index >= 15 is 0 Å². The minimum Gasteiger partial charge on any atom is -0.443 e. The van der Waals surface area contributed by atoms with Gasteiger partial charge in [0.05, 0.1) is 10.6 Å². The van der Waals surface area contributed by atoms with Crippen LogP contribution in [0.1, 0.15) is 25.0 Å². The molecule has 4 N–H and O–H groups in total. The number of rotatable bonds is 3. The fourth-order valence-electron chi connectivity index (χ4n) is 1.77. The number of amides is 1. The fourth-order valence-corrected chi connectivity index (χ4v) is 2.05. The second kappa shape index (κ2) is 5.40. The number of anilines is 1. The first-order chi connectivity index (χ1) is 8.92. The molecule has 1 aromatic carbocycles. The second-order valence-electron chi connectivity index (χ2n) is 4.89. The summed E-state index contributed by atoms with van der Waals surface area (Å²) in [7, 11) is 0. The maximum Gasteiger partial charge on any atom is 0.417 e. The van der Waals surface area contributed by atoms with E-state index in [9.17, 15) is 18.0 Å². The number of halogens is 4. The van der Waals surface area contributed by atoms with Crippen molar-refractivity contribution in [2.75, 3.05) is 5.73 Å². The van der Waals surface area contributed by atoms with Crippen LogP contribution in [0.2, 0.25) is 5.02 Å². The Morgan fingerprint density at radius 2 is 1.90 bits per heavy atom. The molecular formula is C12H14ClF3N2O2. The molecule has 0 aliphatic heterocycles. The first-order valence-corrected chi connectivity index (χ1v) is 5.94. The highest BCUT2D eigenvalue weighted by Crippen LogP contribution is 2.37. The Hall–Kier alpha value is -1.63. The molecule has 0 spiro atoms. The van der Waals surface area contributed by atoms with Crippen molar-refractivity contribution in [3.63, 3.8) is 0 Å². The smallest absolute Gasteiger partial charge is 0.417 e. The van der Waals surface area contributed by atoms with Gasteiger partial charge in [0.2, 0.25) is 0 Å². The standard InChI is InChI=1S/C12H14ClF3N2O2/c1-11(2,20-10(18)19)5-6-3-7(12(14,15)16)8(13)4-9(6)17/h3-4H,5,17H2,1-2H3,(H2,18,19). The van der Waals surface area contributed by atoms with E-state index in [1.807, 2.05) is 0 Å². The van der Waals surface area contributed by atoms with Crippen LogP contribution < -0.4 is 11.5 Å². The lowest BCUT2D eigenvalue weighted by atomic mass is 9.95. The number of primary amides is 1. The lowest BCUT2D eigenvalue weighted by Gasteiger charge is -2.25. The predicted molar refractivity (Wildman–Crippen MR) is 69.3 cm³/mol. The van der Waals surface area contributed by atoms with Crippen LogP contribution in [0.15, 0.2) is 12.1 Å². The summed E-state index contributed by atoms with van der Waals surface area (Å²) in [5, 5.41) is -0.479. The Kier molecular flexibility index (Phi) is 4.43. The van der Waals surface area contributed by atoms with Gasteiger partial charge in [-0.15, -0.1) is 0 Å². The quantitative estimate of drug-likeness (QED) is 0.840. The summed E-state index contributed by atoms with van der Waals surface area (Å²) in [6.07, 6.45) is -5.63.